The monoisotopic (exact) mass is 249 g/mol. The number of carbonyl (C=O) groups is 1. The predicted octanol–water partition coefficient (Wildman–Crippen LogP) is -1.08. The Kier molecular flexibility index (Phi) is 3.96. The first-order valence-electron chi connectivity index (χ1n) is 4.37. The van der Waals surface area contributed by atoms with Gasteiger partial charge in [-0.3, -0.25) is 4.79 Å². The van der Waals surface area contributed by atoms with Gasteiger partial charge in [-0.15, -0.1) is 0 Å². The molecular formula is C7H11N3O5S. The highest BCUT2D eigenvalue weighted by Gasteiger charge is 2.15. The van der Waals surface area contributed by atoms with Gasteiger partial charge in [-0.2, -0.15) is 4.98 Å². The molecule has 0 aromatic carbocycles. The minimum absolute atomic E-state index is 0.0250. The summed E-state index contributed by atoms with van der Waals surface area (Å²) in [6.07, 6.45) is 0.222. The van der Waals surface area contributed by atoms with Crippen LogP contribution in [0.3, 0.4) is 0 Å². The molecule has 2 N–H and O–H groups in total. The average Bonchev–Trinajstić information content (AvgIpc) is 2.48. The van der Waals surface area contributed by atoms with Gasteiger partial charge in [0.05, 0.1) is 0 Å². The Hall–Kier alpha value is -1.48. The van der Waals surface area contributed by atoms with Crippen LogP contribution < -0.4 is 4.72 Å². The van der Waals surface area contributed by atoms with Crippen LogP contribution in [0.1, 0.15) is 11.7 Å². The molecule has 1 aromatic heterocycles. The smallest absolute Gasteiger partial charge is 0.320 e. The maximum atomic E-state index is 11.1. The molecule has 8 nitrogen and oxygen atoms in total. The van der Waals surface area contributed by atoms with Crippen LogP contribution in [0.4, 0.5) is 0 Å². The molecule has 0 unspecified atom stereocenters. The summed E-state index contributed by atoms with van der Waals surface area (Å²) in [7, 11) is -3.78. The molecule has 0 fully saturated rings. The number of carboxylic acids is 1. The van der Waals surface area contributed by atoms with E-state index >= 15 is 0 Å². The normalized spacial score (nSPS) is 11.6. The topological polar surface area (TPSA) is 122 Å². The third kappa shape index (κ3) is 4.36. The highest BCUT2D eigenvalue weighted by Crippen LogP contribution is 1.96. The van der Waals surface area contributed by atoms with E-state index in [0.29, 0.717) is 11.7 Å². The van der Waals surface area contributed by atoms with E-state index in [1.165, 1.54) is 0 Å². The molecule has 16 heavy (non-hydrogen) atoms. The van der Waals surface area contributed by atoms with Crippen molar-refractivity contribution in [2.75, 3.05) is 12.3 Å². The van der Waals surface area contributed by atoms with Gasteiger partial charge in [0.2, 0.25) is 15.9 Å². The molecule has 0 bridgehead atoms. The van der Waals surface area contributed by atoms with Gasteiger partial charge in [0.25, 0.3) is 0 Å². The van der Waals surface area contributed by atoms with Gasteiger partial charge in [0, 0.05) is 13.0 Å². The lowest BCUT2D eigenvalue weighted by molar-refractivity contribution is -0.134. The van der Waals surface area contributed by atoms with Gasteiger partial charge < -0.3 is 9.63 Å². The van der Waals surface area contributed by atoms with E-state index in [0.717, 1.165) is 0 Å². The molecule has 90 valence electrons. The average molecular weight is 249 g/mol. The number of aromatic nitrogens is 2. The summed E-state index contributed by atoms with van der Waals surface area (Å²) in [5.41, 5.74) is 0. The molecule has 0 aliphatic rings. The molecule has 0 radical (unpaired) electrons. The Morgan fingerprint density at radius 2 is 2.25 bits per heavy atom. The van der Waals surface area contributed by atoms with E-state index in [1.54, 1.807) is 6.92 Å². The Labute approximate surface area is 91.7 Å². The number of carboxylic acid groups (broad SMARTS) is 1. The number of hydrogen-bond acceptors (Lipinski definition) is 6. The summed E-state index contributed by atoms with van der Waals surface area (Å²) in [4.78, 5) is 14.1. The predicted molar refractivity (Wildman–Crippen MR) is 52.2 cm³/mol. The minimum Gasteiger partial charge on any atom is -0.480 e. The molecule has 1 aromatic rings. The third-order valence-electron chi connectivity index (χ3n) is 1.54. The van der Waals surface area contributed by atoms with Crippen LogP contribution in [0.2, 0.25) is 0 Å². The fourth-order valence-corrected chi connectivity index (χ4v) is 1.81. The van der Waals surface area contributed by atoms with Gasteiger partial charge in [-0.1, -0.05) is 5.16 Å². The minimum atomic E-state index is -3.78. The van der Waals surface area contributed by atoms with Crippen LogP contribution in [0.15, 0.2) is 4.52 Å². The van der Waals surface area contributed by atoms with Gasteiger partial charge in [0.1, 0.15) is 0 Å². The number of nitrogens with zero attached hydrogens (tertiary/aromatic N) is 2. The Bertz CT molecular complexity index is 466. The summed E-state index contributed by atoms with van der Waals surface area (Å²) >= 11 is 0. The van der Waals surface area contributed by atoms with E-state index in [1.807, 2.05) is 0 Å². The van der Waals surface area contributed by atoms with Gasteiger partial charge in [0.15, 0.2) is 11.6 Å². The van der Waals surface area contributed by atoms with Crippen LogP contribution in [-0.4, -0.2) is 41.9 Å². The maximum Gasteiger partial charge on any atom is 0.320 e. The zero-order valence-electron chi connectivity index (χ0n) is 8.50. The molecule has 1 heterocycles. The van der Waals surface area contributed by atoms with Crippen molar-refractivity contribution in [3.05, 3.63) is 11.7 Å². The van der Waals surface area contributed by atoms with Gasteiger partial charge in [-0.25, -0.2) is 13.1 Å². The summed E-state index contributed by atoms with van der Waals surface area (Å²) < 4.78 is 29.0. The van der Waals surface area contributed by atoms with Crippen molar-refractivity contribution >= 4 is 16.0 Å². The second kappa shape index (κ2) is 5.03. The Morgan fingerprint density at radius 3 is 2.75 bits per heavy atom. The highest BCUT2D eigenvalue weighted by molar-refractivity contribution is 7.90. The second-order valence-corrected chi connectivity index (χ2v) is 4.84. The number of aliphatic carboxylic acids is 1. The van der Waals surface area contributed by atoms with Crippen molar-refractivity contribution < 1.29 is 22.8 Å². The van der Waals surface area contributed by atoms with E-state index < -0.39 is 21.7 Å². The molecule has 9 heteroatoms. The lowest BCUT2D eigenvalue weighted by Gasteiger charge is -2.01. The number of hydrogen-bond donors (Lipinski definition) is 2. The second-order valence-electron chi connectivity index (χ2n) is 3.03. The third-order valence-corrected chi connectivity index (χ3v) is 2.81. The van der Waals surface area contributed by atoms with E-state index in [9.17, 15) is 13.2 Å². The molecule has 1 rings (SSSR count). The fourth-order valence-electron chi connectivity index (χ4n) is 0.969. The first kappa shape index (κ1) is 12.6. The van der Waals surface area contributed by atoms with Crippen LogP contribution in [0.25, 0.3) is 0 Å². The van der Waals surface area contributed by atoms with Gasteiger partial charge in [-0.05, 0) is 6.92 Å². The number of sulfonamides is 1. The largest absolute Gasteiger partial charge is 0.480 e. The van der Waals surface area contributed by atoms with Crippen molar-refractivity contribution in [3.63, 3.8) is 0 Å². The van der Waals surface area contributed by atoms with Crippen molar-refractivity contribution in [3.8, 4) is 0 Å². The number of nitrogens with one attached hydrogen (secondary N) is 1. The molecule has 0 saturated heterocycles. The summed E-state index contributed by atoms with van der Waals surface area (Å²) in [6, 6.07) is 0. The standard InChI is InChI=1S/C7H11N3O5S/c1-5-9-6(15-10-5)2-3-8-16(13,14)4-7(11)12/h8H,2-4H2,1H3,(H,11,12). The van der Waals surface area contributed by atoms with E-state index in [-0.39, 0.29) is 13.0 Å². The van der Waals surface area contributed by atoms with Crippen LogP contribution >= 0.6 is 0 Å². The van der Waals surface area contributed by atoms with Gasteiger partial charge >= 0.3 is 5.97 Å². The summed E-state index contributed by atoms with van der Waals surface area (Å²) in [5.74, 6) is -1.59. The molecule has 0 aliphatic carbocycles. The summed E-state index contributed by atoms with van der Waals surface area (Å²) in [5, 5.41) is 11.8. The van der Waals surface area contributed by atoms with E-state index in [4.69, 9.17) is 9.63 Å². The van der Waals surface area contributed by atoms with Crippen molar-refractivity contribution in [1.82, 2.24) is 14.9 Å². The first-order valence-corrected chi connectivity index (χ1v) is 6.02. The summed E-state index contributed by atoms with van der Waals surface area (Å²) in [6.45, 7) is 1.67. The lowest BCUT2D eigenvalue weighted by Crippen LogP contribution is -2.31. The van der Waals surface area contributed by atoms with Crippen molar-refractivity contribution in [2.45, 2.75) is 13.3 Å². The molecular weight excluding hydrogens is 238 g/mol. The quantitative estimate of drug-likeness (QED) is 0.657. The molecule has 0 atom stereocenters. The first-order chi connectivity index (χ1) is 7.39. The highest BCUT2D eigenvalue weighted by atomic mass is 32.2. The Morgan fingerprint density at radius 1 is 1.56 bits per heavy atom. The zero-order chi connectivity index (χ0) is 12.2. The number of rotatable bonds is 6. The van der Waals surface area contributed by atoms with E-state index in [2.05, 4.69) is 14.9 Å². The molecule has 0 amide bonds. The van der Waals surface area contributed by atoms with Crippen LogP contribution in [0.5, 0.6) is 0 Å². The van der Waals surface area contributed by atoms with Crippen LogP contribution in [0, 0.1) is 6.92 Å². The molecule has 0 aliphatic heterocycles. The maximum absolute atomic E-state index is 11.1. The molecule has 0 saturated carbocycles. The van der Waals surface area contributed by atoms with Crippen molar-refractivity contribution in [2.24, 2.45) is 0 Å². The van der Waals surface area contributed by atoms with Crippen molar-refractivity contribution in [1.29, 1.82) is 0 Å². The molecule has 0 spiro atoms. The fraction of sp³-hybridized carbons (Fsp3) is 0.571. The zero-order valence-corrected chi connectivity index (χ0v) is 9.32. The Balaban J connectivity index is 2.38. The lowest BCUT2D eigenvalue weighted by atomic mass is 10.4. The SMILES string of the molecule is Cc1noc(CCNS(=O)(=O)CC(=O)O)n1. The number of aryl methyl sites for hydroxylation is 1. The van der Waals surface area contributed by atoms with Crippen LogP contribution in [-0.2, 0) is 21.2 Å².